The molecule has 0 aliphatic rings. The molecule has 1 aromatic heterocycles. The van der Waals surface area contributed by atoms with E-state index in [1.165, 1.54) is 0 Å². The summed E-state index contributed by atoms with van der Waals surface area (Å²) < 4.78 is 0. The van der Waals surface area contributed by atoms with Crippen LogP contribution in [0.25, 0.3) is 0 Å². The lowest BCUT2D eigenvalue weighted by Crippen LogP contribution is -2.32. The Labute approximate surface area is 70.8 Å². The van der Waals surface area contributed by atoms with Crippen molar-refractivity contribution in [2.24, 2.45) is 5.73 Å². The van der Waals surface area contributed by atoms with Crippen LogP contribution in [0.15, 0.2) is 24.5 Å². The largest absolute Gasteiger partial charge is 0.373 e. The number of amides is 1. The van der Waals surface area contributed by atoms with Crippen molar-refractivity contribution >= 4 is 11.6 Å². The number of nitrogens with one attached hydrogen (secondary N) is 1. The highest BCUT2D eigenvalue weighted by Gasteiger charge is 2.06. The third-order valence-corrected chi connectivity index (χ3v) is 1.47. The van der Waals surface area contributed by atoms with Crippen LogP contribution in [0.3, 0.4) is 0 Å². The lowest BCUT2D eigenvalue weighted by Gasteiger charge is -2.10. The van der Waals surface area contributed by atoms with Crippen LogP contribution in [0.1, 0.15) is 6.92 Å². The van der Waals surface area contributed by atoms with E-state index < -0.39 is 0 Å². The van der Waals surface area contributed by atoms with E-state index in [-0.39, 0.29) is 11.9 Å². The van der Waals surface area contributed by atoms with E-state index in [1.54, 1.807) is 25.4 Å². The molecule has 0 aliphatic carbocycles. The molecule has 0 aromatic carbocycles. The van der Waals surface area contributed by atoms with Crippen LogP contribution < -0.4 is 11.1 Å². The predicted molar refractivity (Wildman–Crippen MR) is 46.5 cm³/mol. The van der Waals surface area contributed by atoms with Crippen LogP contribution in [-0.4, -0.2) is 16.9 Å². The maximum absolute atomic E-state index is 10.6. The van der Waals surface area contributed by atoms with Crippen LogP contribution in [0.5, 0.6) is 0 Å². The van der Waals surface area contributed by atoms with Gasteiger partial charge in [0.05, 0.1) is 5.69 Å². The molecule has 64 valence electrons. The average Bonchev–Trinajstić information content (AvgIpc) is 2.06. The molecule has 0 radical (unpaired) electrons. The van der Waals surface area contributed by atoms with Crippen molar-refractivity contribution in [3.63, 3.8) is 0 Å². The molecule has 1 rings (SSSR count). The van der Waals surface area contributed by atoms with E-state index in [0.717, 1.165) is 5.69 Å². The van der Waals surface area contributed by atoms with Gasteiger partial charge in [-0.3, -0.25) is 9.78 Å². The van der Waals surface area contributed by atoms with Gasteiger partial charge >= 0.3 is 0 Å². The van der Waals surface area contributed by atoms with E-state index in [2.05, 4.69) is 10.3 Å². The molecule has 4 nitrogen and oxygen atoms in total. The number of carbonyl (C=O) groups is 1. The lowest BCUT2D eigenvalue weighted by atomic mass is 10.3. The minimum Gasteiger partial charge on any atom is -0.373 e. The van der Waals surface area contributed by atoms with Gasteiger partial charge in [0.2, 0.25) is 5.91 Å². The van der Waals surface area contributed by atoms with Gasteiger partial charge in [0, 0.05) is 12.4 Å². The predicted octanol–water partition coefficient (Wildman–Crippen LogP) is 0.367. The molecule has 0 fully saturated rings. The van der Waals surface area contributed by atoms with Crippen LogP contribution in [0.2, 0.25) is 0 Å². The second-order valence-corrected chi connectivity index (χ2v) is 2.51. The normalized spacial score (nSPS) is 12.1. The van der Waals surface area contributed by atoms with Crippen molar-refractivity contribution in [1.82, 2.24) is 4.98 Å². The molecule has 1 unspecified atom stereocenters. The summed E-state index contributed by atoms with van der Waals surface area (Å²) >= 11 is 0. The second kappa shape index (κ2) is 3.71. The lowest BCUT2D eigenvalue weighted by molar-refractivity contribution is -0.118. The Hall–Kier alpha value is -1.58. The number of rotatable bonds is 3. The molecular formula is C8H11N3O. The van der Waals surface area contributed by atoms with Gasteiger partial charge in [0.25, 0.3) is 0 Å². The molecule has 4 heteroatoms. The van der Waals surface area contributed by atoms with Crippen molar-refractivity contribution in [3.8, 4) is 0 Å². The Morgan fingerprint density at radius 1 is 1.75 bits per heavy atom. The SMILES string of the molecule is CC(Nc1cccnc1)C(N)=O. The molecule has 0 bridgehead atoms. The fourth-order valence-electron chi connectivity index (χ4n) is 0.769. The fraction of sp³-hybridized carbons (Fsp3) is 0.250. The number of anilines is 1. The van der Waals surface area contributed by atoms with Gasteiger partial charge in [-0.2, -0.15) is 0 Å². The number of primary amides is 1. The zero-order valence-corrected chi connectivity index (χ0v) is 6.82. The van der Waals surface area contributed by atoms with Gasteiger partial charge in [-0.05, 0) is 19.1 Å². The molecule has 0 saturated carbocycles. The topological polar surface area (TPSA) is 68.0 Å². The number of aromatic nitrogens is 1. The van der Waals surface area contributed by atoms with Gasteiger partial charge in [-0.15, -0.1) is 0 Å². The van der Waals surface area contributed by atoms with Gasteiger partial charge in [0.15, 0.2) is 0 Å². The molecular weight excluding hydrogens is 154 g/mol. The van der Waals surface area contributed by atoms with Crippen LogP contribution in [0, 0.1) is 0 Å². The number of hydrogen-bond donors (Lipinski definition) is 2. The summed E-state index contributed by atoms with van der Waals surface area (Å²) in [4.78, 5) is 14.5. The first-order valence-corrected chi connectivity index (χ1v) is 3.66. The zero-order valence-electron chi connectivity index (χ0n) is 6.82. The Morgan fingerprint density at radius 2 is 2.50 bits per heavy atom. The molecule has 1 atom stereocenters. The number of nitrogens with zero attached hydrogens (tertiary/aromatic N) is 1. The van der Waals surface area contributed by atoms with E-state index >= 15 is 0 Å². The molecule has 1 heterocycles. The minimum absolute atomic E-state index is 0.366. The quantitative estimate of drug-likeness (QED) is 0.679. The Balaban J connectivity index is 2.58. The highest BCUT2D eigenvalue weighted by Crippen LogP contribution is 2.03. The minimum atomic E-state index is -0.376. The summed E-state index contributed by atoms with van der Waals surface area (Å²) in [6, 6.07) is 3.25. The van der Waals surface area contributed by atoms with Crippen molar-refractivity contribution in [1.29, 1.82) is 0 Å². The molecule has 12 heavy (non-hydrogen) atoms. The smallest absolute Gasteiger partial charge is 0.239 e. The van der Waals surface area contributed by atoms with Gasteiger partial charge < -0.3 is 11.1 Å². The Morgan fingerprint density at radius 3 is 3.00 bits per heavy atom. The van der Waals surface area contributed by atoms with E-state index in [9.17, 15) is 4.79 Å². The second-order valence-electron chi connectivity index (χ2n) is 2.51. The Bertz CT molecular complexity index is 260. The first-order chi connectivity index (χ1) is 5.70. The van der Waals surface area contributed by atoms with Crippen LogP contribution in [-0.2, 0) is 4.79 Å². The first-order valence-electron chi connectivity index (χ1n) is 3.66. The molecule has 0 aliphatic heterocycles. The monoisotopic (exact) mass is 165 g/mol. The summed E-state index contributed by atoms with van der Waals surface area (Å²) in [5.74, 6) is -0.376. The standard InChI is InChI=1S/C8H11N3O/c1-6(8(9)12)11-7-3-2-4-10-5-7/h2-6,11H,1H3,(H2,9,12). The summed E-state index contributed by atoms with van der Waals surface area (Å²) in [5, 5.41) is 2.90. The third kappa shape index (κ3) is 2.23. The molecule has 1 aromatic rings. The number of hydrogen-bond acceptors (Lipinski definition) is 3. The third-order valence-electron chi connectivity index (χ3n) is 1.47. The van der Waals surface area contributed by atoms with Crippen molar-refractivity contribution in [2.45, 2.75) is 13.0 Å². The maximum atomic E-state index is 10.6. The fourth-order valence-corrected chi connectivity index (χ4v) is 0.769. The van der Waals surface area contributed by atoms with Gasteiger partial charge in [-0.25, -0.2) is 0 Å². The first kappa shape index (κ1) is 8.52. The zero-order chi connectivity index (χ0) is 8.97. The van der Waals surface area contributed by atoms with E-state index in [4.69, 9.17) is 5.73 Å². The van der Waals surface area contributed by atoms with E-state index in [0.29, 0.717) is 0 Å². The van der Waals surface area contributed by atoms with Crippen molar-refractivity contribution in [3.05, 3.63) is 24.5 Å². The number of carbonyl (C=O) groups excluding carboxylic acids is 1. The summed E-state index contributed by atoms with van der Waals surface area (Å²) in [6.45, 7) is 1.70. The highest BCUT2D eigenvalue weighted by atomic mass is 16.1. The summed E-state index contributed by atoms with van der Waals surface area (Å²) in [6.07, 6.45) is 3.31. The molecule has 1 amide bonds. The maximum Gasteiger partial charge on any atom is 0.239 e. The van der Waals surface area contributed by atoms with Gasteiger partial charge in [0.1, 0.15) is 6.04 Å². The molecule has 0 saturated heterocycles. The number of nitrogens with two attached hydrogens (primary N) is 1. The Kier molecular flexibility index (Phi) is 2.63. The number of pyridine rings is 1. The van der Waals surface area contributed by atoms with Gasteiger partial charge in [-0.1, -0.05) is 0 Å². The molecule has 0 spiro atoms. The average molecular weight is 165 g/mol. The van der Waals surface area contributed by atoms with Crippen LogP contribution >= 0.6 is 0 Å². The highest BCUT2D eigenvalue weighted by molar-refractivity contribution is 5.82. The van der Waals surface area contributed by atoms with Crippen molar-refractivity contribution < 1.29 is 4.79 Å². The van der Waals surface area contributed by atoms with Crippen LogP contribution in [0.4, 0.5) is 5.69 Å². The summed E-state index contributed by atoms with van der Waals surface area (Å²) in [5.41, 5.74) is 5.86. The molecule has 3 N–H and O–H groups in total. The van der Waals surface area contributed by atoms with E-state index in [1.807, 2.05) is 6.07 Å². The van der Waals surface area contributed by atoms with Crippen molar-refractivity contribution in [2.75, 3.05) is 5.32 Å². The summed E-state index contributed by atoms with van der Waals surface area (Å²) in [7, 11) is 0.